The lowest BCUT2D eigenvalue weighted by atomic mass is 9.87. The van der Waals surface area contributed by atoms with Crippen molar-refractivity contribution in [2.75, 3.05) is 18.0 Å². The van der Waals surface area contributed by atoms with E-state index >= 15 is 0 Å². The van der Waals surface area contributed by atoms with Crippen LogP contribution in [-0.2, 0) is 11.3 Å². The van der Waals surface area contributed by atoms with E-state index in [4.69, 9.17) is 4.74 Å². The Morgan fingerprint density at radius 3 is 2.90 bits per heavy atom. The van der Waals surface area contributed by atoms with Crippen LogP contribution in [0.5, 0.6) is 0 Å². The lowest BCUT2D eigenvalue weighted by Crippen LogP contribution is -2.55. The fourth-order valence-corrected chi connectivity index (χ4v) is 4.87. The van der Waals surface area contributed by atoms with Crippen molar-refractivity contribution >= 4 is 22.9 Å². The Morgan fingerprint density at radius 2 is 2.03 bits per heavy atom. The molecule has 7 heteroatoms. The third-order valence-electron chi connectivity index (χ3n) is 6.27. The number of anilines is 1. The van der Waals surface area contributed by atoms with E-state index in [9.17, 15) is 4.79 Å². The monoisotopic (exact) mass is 391 g/mol. The number of rotatable bonds is 3. The molecule has 3 unspecified atom stereocenters. The molecule has 0 saturated carbocycles. The third-order valence-corrected chi connectivity index (χ3v) is 6.27. The minimum Gasteiger partial charge on any atom is -0.445 e. The summed E-state index contributed by atoms with van der Waals surface area (Å²) in [5, 5.41) is 1.03. The molecular formula is C22H25N5O2. The molecule has 7 nitrogen and oxygen atoms in total. The number of aromatic amines is 1. The number of nitrogens with one attached hydrogen (secondary N) is 1. The van der Waals surface area contributed by atoms with Crippen LogP contribution < -0.4 is 4.90 Å². The molecule has 5 rings (SSSR count). The number of hydrogen-bond acceptors (Lipinski definition) is 5. The first-order chi connectivity index (χ1) is 14.2. The molecule has 29 heavy (non-hydrogen) atoms. The van der Waals surface area contributed by atoms with E-state index in [1.165, 1.54) is 0 Å². The summed E-state index contributed by atoms with van der Waals surface area (Å²) in [7, 11) is 0. The van der Waals surface area contributed by atoms with Gasteiger partial charge in [0.2, 0.25) is 0 Å². The number of ether oxygens (including phenoxy) is 1. The van der Waals surface area contributed by atoms with Crippen LogP contribution >= 0.6 is 0 Å². The predicted octanol–water partition coefficient (Wildman–Crippen LogP) is 3.58. The maximum absolute atomic E-state index is 12.9. The number of amides is 1. The van der Waals surface area contributed by atoms with E-state index in [0.717, 1.165) is 48.3 Å². The van der Waals surface area contributed by atoms with Gasteiger partial charge in [0.25, 0.3) is 0 Å². The smallest absolute Gasteiger partial charge is 0.410 e. The largest absolute Gasteiger partial charge is 0.445 e. The second-order valence-electron chi connectivity index (χ2n) is 7.98. The topological polar surface area (TPSA) is 74.3 Å². The van der Waals surface area contributed by atoms with Crippen LogP contribution in [0.2, 0.25) is 0 Å². The third kappa shape index (κ3) is 3.20. The van der Waals surface area contributed by atoms with E-state index in [2.05, 4.69) is 26.8 Å². The number of likely N-dealkylation sites (tertiary alicyclic amines) is 1. The van der Waals surface area contributed by atoms with Crippen LogP contribution in [0.25, 0.3) is 11.0 Å². The molecule has 1 aromatic carbocycles. The van der Waals surface area contributed by atoms with Gasteiger partial charge in [-0.05, 0) is 30.4 Å². The zero-order valence-corrected chi connectivity index (χ0v) is 16.5. The van der Waals surface area contributed by atoms with Gasteiger partial charge in [0, 0.05) is 19.3 Å². The van der Waals surface area contributed by atoms with E-state index in [1.807, 2.05) is 47.5 Å². The summed E-state index contributed by atoms with van der Waals surface area (Å²) in [4.78, 5) is 29.3. The fraction of sp³-hybridized carbons (Fsp3) is 0.409. The highest BCUT2D eigenvalue weighted by Gasteiger charge is 2.46. The molecule has 2 fully saturated rings. The summed E-state index contributed by atoms with van der Waals surface area (Å²) in [6, 6.07) is 12.2. The summed E-state index contributed by atoms with van der Waals surface area (Å²) in [6.07, 6.45) is 5.17. The minimum atomic E-state index is -0.216. The summed E-state index contributed by atoms with van der Waals surface area (Å²) in [5.74, 6) is 1.43. The highest BCUT2D eigenvalue weighted by molar-refractivity contribution is 5.87. The van der Waals surface area contributed by atoms with Gasteiger partial charge in [-0.1, -0.05) is 37.3 Å². The fourth-order valence-electron chi connectivity index (χ4n) is 4.87. The molecule has 0 aliphatic carbocycles. The van der Waals surface area contributed by atoms with Crippen molar-refractivity contribution in [3.63, 3.8) is 0 Å². The molecule has 150 valence electrons. The number of piperidine rings is 1. The van der Waals surface area contributed by atoms with Gasteiger partial charge in [-0.3, -0.25) is 0 Å². The molecule has 3 atom stereocenters. The Hall–Kier alpha value is -3.09. The van der Waals surface area contributed by atoms with E-state index in [-0.39, 0.29) is 18.2 Å². The van der Waals surface area contributed by atoms with Crippen LogP contribution in [0.1, 0.15) is 25.3 Å². The molecule has 4 heterocycles. The van der Waals surface area contributed by atoms with Crippen molar-refractivity contribution in [2.45, 2.75) is 38.5 Å². The standard InChI is InChI=1S/C22H25N5O2/c1-15-8-11-26(22(28)29-13-16-5-3-2-4-6-16)18-9-12-27(19(15)18)21-17-7-10-23-20(17)24-14-25-21/h2-7,10,14-15,18-19H,8-9,11-13H2,1H3,(H,23,24,25). The lowest BCUT2D eigenvalue weighted by Gasteiger charge is -2.43. The normalized spacial score (nSPS) is 24.0. The predicted molar refractivity (Wildman–Crippen MR) is 111 cm³/mol. The number of fused-ring (bicyclic) bond motifs is 2. The number of benzene rings is 1. The molecule has 1 N–H and O–H groups in total. The Labute approximate surface area is 169 Å². The number of carbonyl (C=O) groups excluding carboxylic acids is 1. The van der Waals surface area contributed by atoms with Gasteiger partial charge >= 0.3 is 6.09 Å². The quantitative estimate of drug-likeness (QED) is 0.739. The zero-order chi connectivity index (χ0) is 19.8. The van der Waals surface area contributed by atoms with Gasteiger partial charge in [-0.15, -0.1) is 0 Å². The minimum absolute atomic E-state index is 0.144. The first-order valence-corrected chi connectivity index (χ1v) is 10.2. The SMILES string of the molecule is CC1CCN(C(=O)OCc2ccccc2)C2CCN(c3ncnc4[nH]ccc34)C12. The van der Waals surface area contributed by atoms with Crippen LogP contribution in [0.3, 0.4) is 0 Å². The highest BCUT2D eigenvalue weighted by atomic mass is 16.6. The highest BCUT2D eigenvalue weighted by Crippen LogP contribution is 2.38. The molecule has 0 bridgehead atoms. The van der Waals surface area contributed by atoms with Crippen molar-refractivity contribution in [2.24, 2.45) is 5.92 Å². The van der Waals surface area contributed by atoms with Crippen LogP contribution in [0.4, 0.5) is 10.6 Å². The molecule has 1 amide bonds. The van der Waals surface area contributed by atoms with Crippen molar-refractivity contribution in [3.05, 3.63) is 54.5 Å². The van der Waals surface area contributed by atoms with Gasteiger partial charge in [0.1, 0.15) is 24.4 Å². The Bertz CT molecular complexity index is 1000. The molecule has 2 saturated heterocycles. The summed E-state index contributed by atoms with van der Waals surface area (Å²) in [6.45, 7) is 4.20. The van der Waals surface area contributed by atoms with Crippen molar-refractivity contribution < 1.29 is 9.53 Å². The van der Waals surface area contributed by atoms with E-state index < -0.39 is 0 Å². The zero-order valence-electron chi connectivity index (χ0n) is 16.5. The van der Waals surface area contributed by atoms with E-state index in [1.54, 1.807) is 6.33 Å². The molecule has 2 aliphatic rings. The van der Waals surface area contributed by atoms with Crippen molar-refractivity contribution in [3.8, 4) is 0 Å². The molecule has 0 radical (unpaired) electrons. The first-order valence-electron chi connectivity index (χ1n) is 10.2. The molecule has 0 spiro atoms. The van der Waals surface area contributed by atoms with Crippen LogP contribution in [0.15, 0.2) is 48.9 Å². The molecule has 2 aromatic heterocycles. The number of nitrogens with zero attached hydrogens (tertiary/aromatic N) is 4. The van der Waals surface area contributed by atoms with Gasteiger partial charge in [-0.2, -0.15) is 0 Å². The molecular weight excluding hydrogens is 366 g/mol. The van der Waals surface area contributed by atoms with Gasteiger partial charge in [0.15, 0.2) is 0 Å². The second kappa shape index (κ2) is 7.39. The second-order valence-corrected chi connectivity index (χ2v) is 7.98. The number of H-pyrrole nitrogens is 1. The molecule has 2 aliphatic heterocycles. The average molecular weight is 391 g/mol. The summed E-state index contributed by atoms with van der Waals surface area (Å²) >= 11 is 0. The number of aromatic nitrogens is 3. The van der Waals surface area contributed by atoms with Crippen molar-refractivity contribution in [1.82, 2.24) is 19.9 Å². The number of carbonyl (C=O) groups is 1. The van der Waals surface area contributed by atoms with Gasteiger partial charge < -0.3 is 19.5 Å². The maximum atomic E-state index is 12.9. The van der Waals surface area contributed by atoms with Crippen LogP contribution in [0, 0.1) is 5.92 Å². The Morgan fingerprint density at radius 1 is 1.17 bits per heavy atom. The lowest BCUT2D eigenvalue weighted by molar-refractivity contribution is 0.0571. The van der Waals surface area contributed by atoms with Crippen molar-refractivity contribution in [1.29, 1.82) is 0 Å². The maximum Gasteiger partial charge on any atom is 0.410 e. The molecule has 3 aromatic rings. The Kier molecular flexibility index (Phi) is 4.58. The van der Waals surface area contributed by atoms with Gasteiger partial charge in [-0.25, -0.2) is 14.8 Å². The first kappa shape index (κ1) is 18.0. The van der Waals surface area contributed by atoms with Gasteiger partial charge in [0.05, 0.1) is 17.5 Å². The van der Waals surface area contributed by atoms with E-state index in [0.29, 0.717) is 12.5 Å². The Balaban J connectivity index is 1.36. The average Bonchev–Trinajstić information content (AvgIpc) is 3.40. The summed E-state index contributed by atoms with van der Waals surface area (Å²) < 4.78 is 5.65. The summed E-state index contributed by atoms with van der Waals surface area (Å²) in [5.41, 5.74) is 1.85. The van der Waals surface area contributed by atoms with Crippen LogP contribution in [-0.4, -0.2) is 51.1 Å². The number of hydrogen-bond donors (Lipinski definition) is 1.